The predicted octanol–water partition coefficient (Wildman–Crippen LogP) is 2.22. The lowest BCUT2D eigenvalue weighted by atomic mass is 9.83. The molecular formula is C15H16N2O2. The fraction of sp³-hybridized carbons (Fsp3) is 0.400. The number of Topliss-reactive ketones (excluding diaryl/α,β-unsaturated/α-hetero) is 1. The second kappa shape index (κ2) is 4.85. The first-order valence-corrected chi connectivity index (χ1v) is 6.28. The summed E-state index contributed by atoms with van der Waals surface area (Å²) in [4.78, 5) is 26.1. The Bertz CT molecular complexity index is 574. The number of nitriles is 1. The maximum Gasteiger partial charge on any atom is 0.240 e. The standard InChI is InChI=1S/C15H16N2O2/c1-11-5-3-6-12(9-11)17-10-13(18)15(2,14(17)19)7-4-8-16/h3,5-6,9H,4,7,10H2,1-2H3. The van der Waals surface area contributed by atoms with Gasteiger partial charge in [0.1, 0.15) is 5.41 Å². The van der Waals surface area contributed by atoms with Gasteiger partial charge in [-0.1, -0.05) is 12.1 Å². The molecule has 0 bridgehead atoms. The lowest BCUT2D eigenvalue weighted by molar-refractivity contribution is -0.133. The van der Waals surface area contributed by atoms with Crippen LogP contribution in [0.2, 0.25) is 0 Å². The summed E-state index contributed by atoms with van der Waals surface area (Å²) >= 11 is 0. The third-order valence-electron chi connectivity index (χ3n) is 3.68. The van der Waals surface area contributed by atoms with Crippen molar-refractivity contribution in [3.63, 3.8) is 0 Å². The van der Waals surface area contributed by atoms with Gasteiger partial charge in [0.05, 0.1) is 12.6 Å². The van der Waals surface area contributed by atoms with Crippen LogP contribution in [0.15, 0.2) is 24.3 Å². The van der Waals surface area contributed by atoms with Gasteiger partial charge in [-0.25, -0.2) is 0 Å². The highest BCUT2D eigenvalue weighted by Crippen LogP contribution is 2.35. The zero-order valence-corrected chi connectivity index (χ0v) is 11.1. The average Bonchev–Trinajstić information content (AvgIpc) is 2.61. The Hall–Kier alpha value is -2.15. The van der Waals surface area contributed by atoms with Gasteiger partial charge in [-0.2, -0.15) is 5.26 Å². The van der Waals surface area contributed by atoms with Crippen molar-refractivity contribution in [2.24, 2.45) is 5.41 Å². The SMILES string of the molecule is Cc1cccc(N2CC(=O)C(C)(CCC#N)C2=O)c1. The molecule has 4 heteroatoms. The van der Waals surface area contributed by atoms with Gasteiger partial charge in [0.2, 0.25) is 5.91 Å². The second-order valence-electron chi connectivity index (χ2n) is 5.14. The summed E-state index contributed by atoms with van der Waals surface area (Å²) in [5.74, 6) is -0.299. The predicted molar refractivity (Wildman–Crippen MR) is 71.5 cm³/mol. The van der Waals surface area contributed by atoms with Gasteiger partial charge in [0.25, 0.3) is 0 Å². The Balaban J connectivity index is 2.30. The van der Waals surface area contributed by atoms with E-state index in [0.29, 0.717) is 6.42 Å². The van der Waals surface area contributed by atoms with Crippen LogP contribution in [0, 0.1) is 23.7 Å². The minimum atomic E-state index is -1.04. The molecule has 1 aliphatic rings. The van der Waals surface area contributed by atoms with Crippen molar-refractivity contribution in [1.29, 1.82) is 5.26 Å². The zero-order valence-electron chi connectivity index (χ0n) is 11.1. The van der Waals surface area contributed by atoms with Gasteiger partial charge in [0.15, 0.2) is 5.78 Å². The lowest BCUT2D eigenvalue weighted by Crippen LogP contribution is -2.34. The first-order chi connectivity index (χ1) is 8.99. The minimum absolute atomic E-state index is 0.101. The number of hydrogen-bond donors (Lipinski definition) is 0. The van der Waals surface area contributed by atoms with Gasteiger partial charge in [0, 0.05) is 12.1 Å². The van der Waals surface area contributed by atoms with Gasteiger partial charge in [-0.3, -0.25) is 9.59 Å². The largest absolute Gasteiger partial charge is 0.304 e. The molecule has 0 N–H and O–H groups in total. The van der Waals surface area contributed by atoms with Crippen LogP contribution < -0.4 is 4.90 Å². The Morgan fingerprint density at radius 2 is 2.16 bits per heavy atom. The lowest BCUT2D eigenvalue weighted by Gasteiger charge is -2.21. The molecule has 1 atom stereocenters. The number of benzene rings is 1. The van der Waals surface area contributed by atoms with Crippen molar-refractivity contribution >= 4 is 17.4 Å². The molecule has 1 fully saturated rings. The number of rotatable bonds is 3. The molecule has 0 aromatic heterocycles. The molecule has 1 saturated heterocycles. The summed E-state index contributed by atoms with van der Waals surface area (Å²) in [5.41, 5.74) is 0.752. The van der Waals surface area contributed by atoms with E-state index in [-0.39, 0.29) is 24.7 Å². The van der Waals surface area contributed by atoms with Crippen molar-refractivity contribution in [1.82, 2.24) is 0 Å². The molecule has 19 heavy (non-hydrogen) atoms. The minimum Gasteiger partial charge on any atom is -0.304 e. The van der Waals surface area contributed by atoms with Crippen molar-refractivity contribution in [3.05, 3.63) is 29.8 Å². The summed E-state index contributed by atoms with van der Waals surface area (Å²) in [5, 5.41) is 8.65. The summed E-state index contributed by atoms with van der Waals surface area (Å²) < 4.78 is 0. The highest BCUT2D eigenvalue weighted by Gasteiger charge is 2.49. The average molecular weight is 256 g/mol. The molecule has 1 unspecified atom stereocenters. The second-order valence-corrected chi connectivity index (χ2v) is 5.14. The van der Waals surface area contributed by atoms with Gasteiger partial charge in [-0.15, -0.1) is 0 Å². The number of carbonyl (C=O) groups is 2. The number of anilines is 1. The summed E-state index contributed by atoms with van der Waals surface area (Å²) in [7, 11) is 0. The van der Waals surface area contributed by atoms with E-state index >= 15 is 0 Å². The summed E-state index contributed by atoms with van der Waals surface area (Å²) in [6.45, 7) is 3.69. The molecule has 1 amide bonds. The number of ketones is 1. The topological polar surface area (TPSA) is 61.2 Å². The molecule has 0 aliphatic carbocycles. The van der Waals surface area contributed by atoms with E-state index in [1.54, 1.807) is 6.92 Å². The van der Waals surface area contributed by atoms with Gasteiger partial charge < -0.3 is 4.90 Å². The van der Waals surface area contributed by atoms with Crippen LogP contribution in [0.25, 0.3) is 0 Å². The van der Waals surface area contributed by atoms with E-state index in [2.05, 4.69) is 0 Å². The highest BCUT2D eigenvalue weighted by atomic mass is 16.2. The number of carbonyl (C=O) groups excluding carboxylic acids is 2. The van der Waals surface area contributed by atoms with Crippen LogP contribution in [0.5, 0.6) is 0 Å². The van der Waals surface area contributed by atoms with E-state index in [0.717, 1.165) is 11.3 Å². The molecule has 98 valence electrons. The molecule has 1 aromatic carbocycles. The molecule has 1 heterocycles. The maximum absolute atomic E-state index is 12.5. The third-order valence-corrected chi connectivity index (χ3v) is 3.68. The Morgan fingerprint density at radius 1 is 1.42 bits per heavy atom. The molecule has 1 aliphatic heterocycles. The van der Waals surface area contributed by atoms with E-state index in [9.17, 15) is 9.59 Å². The monoisotopic (exact) mass is 256 g/mol. The first-order valence-electron chi connectivity index (χ1n) is 6.28. The normalized spacial score (nSPS) is 22.7. The molecule has 2 rings (SSSR count). The smallest absolute Gasteiger partial charge is 0.240 e. The van der Waals surface area contributed by atoms with E-state index in [1.165, 1.54) is 4.90 Å². The maximum atomic E-state index is 12.5. The number of amides is 1. The number of hydrogen-bond acceptors (Lipinski definition) is 3. The Kier molecular flexibility index (Phi) is 3.39. The molecule has 0 radical (unpaired) electrons. The van der Waals surface area contributed by atoms with Crippen molar-refractivity contribution in [2.45, 2.75) is 26.7 Å². The van der Waals surface area contributed by atoms with Gasteiger partial charge >= 0.3 is 0 Å². The number of aryl methyl sites for hydroxylation is 1. The Labute approximate surface area is 112 Å². The van der Waals surface area contributed by atoms with Crippen molar-refractivity contribution in [2.75, 3.05) is 11.4 Å². The van der Waals surface area contributed by atoms with Gasteiger partial charge in [-0.05, 0) is 38.0 Å². The fourth-order valence-corrected chi connectivity index (χ4v) is 2.36. The van der Waals surface area contributed by atoms with Crippen molar-refractivity contribution < 1.29 is 9.59 Å². The van der Waals surface area contributed by atoms with E-state index in [1.807, 2.05) is 37.3 Å². The van der Waals surface area contributed by atoms with Crippen LogP contribution in [0.3, 0.4) is 0 Å². The zero-order chi connectivity index (χ0) is 14.0. The van der Waals surface area contributed by atoms with E-state index in [4.69, 9.17) is 5.26 Å². The number of nitrogens with zero attached hydrogens (tertiary/aromatic N) is 2. The van der Waals surface area contributed by atoms with Crippen LogP contribution in [0.4, 0.5) is 5.69 Å². The van der Waals surface area contributed by atoms with Crippen LogP contribution in [-0.4, -0.2) is 18.2 Å². The molecular weight excluding hydrogens is 240 g/mol. The Morgan fingerprint density at radius 3 is 2.79 bits per heavy atom. The first kappa shape index (κ1) is 13.3. The molecule has 0 saturated carbocycles. The van der Waals surface area contributed by atoms with Crippen LogP contribution >= 0.6 is 0 Å². The summed E-state index contributed by atoms with van der Waals surface area (Å²) in [6.07, 6.45) is 0.513. The third kappa shape index (κ3) is 2.24. The highest BCUT2D eigenvalue weighted by molar-refractivity contribution is 6.20. The quantitative estimate of drug-likeness (QED) is 0.779. The molecule has 1 aromatic rings. The molecule has 4 nitrogen and oxygen atoms in total. The van der Waals surface area contributed by atoms with Crippen LogP contribution in [-0.2, 0) is 9.59 Å². The van der Waals surface area contributed by atoms with Crippen LogP contribution in [0.1, 0.15) is 25.3 Å². The fourth-order valence-electron chi connectivity index (χ4n) is 2.36. The molecule has 0 spiro atoms. The van der Waals surface area contributed by atoms with E-state index < -0.39 is 5.41 Å². The summed E-state index contributed by atoms with van der Waals surface area (Å²) in [6, 6.07) is 9.53. The van der Waals surface area contributed by atoms with Crippen molar-refractivity contribution in [3.8, 4) is 6.07 Å².